The molecule has 0 heterocycles. The van der Waals surface area contributed by atoms with E-state index in [1.54, 1.807) is 0 Å². The highest BCUT2D eigenvalue weighted by Gasteiger charge is 2.72. The van der Waals surface area contributed by atoms with Gasteiger partial charge in [-0.1, -0.05) is 78.3 Å². The van der Waals surface area contributed by atoms with Gasteiger partial charge in [-0.3, -0.25) is 4.79 Å². The van der Waals surface area contributed by atoms with E-state index in [1.807, 2.05) is 6.08 Å². The molecule has 4 fully saturated rings. The van der Waals surface area contributed by atoms with Crippen LogP contribution in [0.4, 0.5) is 0 Å². The molecule has 0 N–H and O–H groups in total. The van der Waals surface area contributed by atoms with Gasteiger partial charge in [0, 0.05) is 5.41 Å². The van der Waals surface area contributed by atoms with Crippen molar-refractivity contribution < 1.29 is 9.59 Å². The van der Waals surface area contributed by atoms with Crippen LogP contribution in [-0.2, 0) is 9.59 Å². The molecule has 0 aliphatic heterocycles. The van der Waals surface area contributed by atoms with Crippen molar-refractivity contribution >= 4 is 17.4 Å². The van der Waals surface area contributed by atoms with Crippen LogP contribution in [0.3, 0.4) is 0 Å². The molecule has 1 aromatic carbocycles. The molecule has 5 aliphatic rings. The van der Waals surface area contributed by atoms with Crippen molar-refractivity contribution in [2.45, 2.75) is 112 Å². The summed E-state index contributed by atoms with van der Waals surface area (Å²) in [6.45, 7) is 19.2. The number of aryl methyl sites for hydroxylation is 1. The number of hydrogen-bond donors (Lipinski definition) is 0. The molecule has 4 saturated carbocycles. The zero-order chi connectivity index (χ0) is 28.9. The largest absolute Gasteiger partial charge is 0.294 e. The van der Waals surface area contributed by atoms with E-state index in [0.717, 1.165) is 38.5 Å². The molecular weight excluding hydrogens is 490 g/mol. The van der Waals surface area contributed by atoms with E-state index in [1.165, 1.54) is 29.5 Å². The van der Waals surface area contributed by atoms with E-state index >= 15 is 0 Å². The molecule has 9 atom stereocenters. The van der Waals surface area contributed by atoms with Gasteiger partial charge in [0.25, 0.3) is 0 Å². The smallest absolute Gasteiger partial charge is 0.235 e. The minimum absolute atomic E-state index is 0.0639. The Morgan fingerprint density at radius 1 is 0.850 bits per heavy atom. The van der Waals surface area contributed by atoms with Crippen molar-refractivity contribution in [3.63, 3.8) is 0 Å². The first-order valence-corrected chi connectivity index (χ1v) is 16.2. The van der Waals surface area contributed by atoms with Gasteiger partial charge in [-0.25, -0.2) is 4.79 Å². The van der Waals surface area contributed by atoms with Crippen molar-refractivity contribution in [3.05, 3.63) is 41.5 Å². The first-order chi connectivity index (χ1) is 18.8. The number of allylic oxidation sites excluding steroid dienone is 2. The first kappa shape index (κ1) is 28.1. The van der Waals surface area contributed by atoms with Gasteiger partial charge in [-0.05, 0) is 127 Å². The monoisotopic (exact) mass is 541 g/mol. The summed E-state index contributed by atoms with van der Waals surface area (Å²) in [7, 11) is 0. The lowest BCUT2D eigenvalue weighted by Crippen LogP contribution is -2.67. The maximum Gasteiger partial charge on any atom is 0.235 e. The molecule has 216 valence electrons. The van der Waals surface area contributed by atoms with E-state index in [0.29, 0.717) is 41.3 Å². The van der Waals surface area contributed by atoms with E-state index < -0.39 is 0 Å². The summed E-state index contributed by atoms with van der Waals surface area (Å²) in [5, 5.41) is 0. The van der Waals surface area contributed by atoms with Crippen LogP contribution in [0.2, 0.25) is 0 Å². The number of isocyanates is 1. The molecule has 0 spiro atoms. The van der Waals surface area contributed by atoms with Crippen molar-refractivity contribution in [2.24, 2.45) is 62.2 Å². The lowest BCUT2D eigenvalue weighted by atomic mass is 9.32. The van der Waals surface area contributed by atoms with Crippen LogP contribution in [0.1, 0.15) is 111 Å². The van der Waals surface area contributed by atoms with Crippen LogP contribution in [0, 0.1) is 64.1 Å². The summed E-state index contributed by atoms with van der Waals surface area (Å²) in [6, 6.07) is 8.77. The first-order valence-electron chi connectivity index (χ1n) is 16.2. The molecule has 0 saturated heterocycles. The highest BCUT2D eigenvalue weighted by atomic mass is 16.1. The zero-order valence-corrected chi connectivity index (χ0v) is 26.3. The van der Waals surface area contributed by atoms with Gasteiger partial charge >= 0.3 is 0 Å². The number of benzene rings is 1. The minimum atomic E-state index is -0.346. The molecule has 5 aliphatic carbocycles. The number of aliphatic imine (C=N–C) groups is 1. The number of fused-ring (bicyclic) bond motifs is 7. The minimum Gasteiger partial charge on any atom is -0.294 e. The summed E-state index contributed by atoms with van der Waals surface area (Å²) in [5.41, 5.74) is 3.32. The van der Waals surface area contributed by atoms with Gasteiger partial charge in [-0.2, -0.15) is 4.99 Å². The lowest BCUT2D eigenvalue weighted by Gasteiger charge is -2.71. The molecule has 0 bridgehead atoms. The predicted octanol–water partition coefficient (Wildman–Crippen LogP) is 8.99. The summed E-state index contributed by atoms with van der Waals surface area (Å²) in [5.74, 6) is 3.31. The molecule has 0 radical (unpaired) electrons. The average molecular weight is 542 g/mol. The fourth-order valence-corrected chi connectivity index (χ4v) is 12.2. The summed E-state index contributed by atoms with van der Waals surface area (Å²) in [4.78, 5) is 30.8. The van der Waals surface area contributed by atoms with E-state index in [4.69, 9.17) is 0 Å². The van der Waals surface area contributed by atoms with Gasteiger partial charge in [0.1, 0.15) is 0 Å². The van der Waals surface area contributed by atoms with Crippen molar-refractivity contribution in [1.82, 2.24) is 0 Å². The third-order valence-electron chi connectivity index (χ3n) is 14.4. The van der Waals surface area contributed by atoms with Crippen molar-refractivity contribution in [2.75, 3.05) is 0 Å². The van der Waals surface area contributed by atoms with Crippen LogP contribution in [0.5, 0.6) is 0 Å². The third kappa shape index (κ3) is 3.46. The SMILES string of the molecule is Cc1ccc(C2=CC(=O)[C@]3(C)[C@H]4CC[C@@H]5[C@H]6[C@H](C(C)C)CC[C@]6(N=C=O)CC[C@@]5(C)[C@]4(C)CC[C@H]3C2(C)C)cc1. The van der Waals surface area contributed by atoms with Crippen molar-refractivity contribution in [3.8, 4) is 0 Å². The van der Waals surface area contributed by atoms with E-state index in [-0.39, 0.29) is 27.2 Å². The summed E-state index contributed by atoms with van der Waals surface area (Å²) >= 11 is 0. The second kappa shape index (κ2) is 9.00. The number of hydrogen-bond acceptors (Lipinski definition) is 3. The third-order valence-corrected chi connectivity index (χ3v) is 14.4. The van der Waals surface area contributed by atoms with Crippen LogP contribution in [-0.4, -0.2) is 17.4 Å². The molecule has 0 unspecified atom stereocenters. The number of carbonyl (C=O) groups excluding carboxylic acids is 2. The van der Waals surface area contributed by atoms with Gasteiger partial charge < -0.3 is 0 Å². The van der Waals surface area contributed by atoms with Gasteiger partial charge in [-0.15, -0.1) is 0 Å². The molecular formula is C37H51NO2. The standard InChI is InChI=1S/C37H51NO2/c1-23(2)26-15-18-37(38-22-39)20-19-34(6)27(32(26)37)13-14-30-35(34,7)17-16-29-33(4,5)28(21-31(40)36(29,30)8)25-11-9-24(3)10-12-25/h9-12,21,23,26-27,29-30,32H,13-20H2,1-8H3/t26-,27+,29-,30-,32+,34+,35+,36-,37-/m0/s1. The van der Waals surface area contributed by atoms with Gasteiger partial charge in [0.15, 0.2) is 5.78 Å². The highest BCUT2D eigenvalue weighted by molar-refractivity contribution is 6.04. The molecule has 3 heteroatoms. The van der Waals surface area contributed by atoms with Crippen LogP contribution >= 0.6 is 0 Å². The molecule has 3 nitrogen and oxygen atoms in total. The molecule has 6 rings (SSSR count). The van der Waals surface area contributed by atoms with E-state index in [2.05, 4.69) is 90.7 Å². The quantitative estimate of drug-likeness (QED) is 0.283. The second-order valence-electron chi connectivity index (χ2n) is 16.2. The van der Waals surface area contributed by atoms with Crippen LogP contribution < -0.4 is 0 Å². The topological polar surface area (TPSA) is 46.5 Å². The Hall–Kier alpha value is -1.99. The normalized spacial score (nSPS) is 45.5. The molecule has 40 heavy (non-hydrogen) atoms. The maximum atomic E-state index is 14.5. The Kier molecular flexibility index (Phi) is 6.33. The van der Waals surface area contributed by atoms with Crippen LogP contribution in [0.25, 0.3) is 5.57 Å². The lowest BCUT2D eigenvalue weighted by molar-refractivity contribution is -0.216. The highest BCUT2D eigenvalue weighted by Crippen LogP contribution is 2.76. The molecule has 0 aromatic heterocycles. The van der Waals surface area contributed by atoms with Gasteiger partial charge in [0.05, 0.1) is 5.54 Å². The second-order valence-corrected chi connectivity index (χ2v) is 16.2. The average Bonchev–Trinajstić information content (AvgIpc) is 3.27. The Morgan fingerprint density at radius 2 is 1.55 bits per heavy atom. The van der Waals surface area contributed by atoms with Crippen molar-refractivity contribution in [1.29, 1.82) is 0 Å². The predicted molar refractivity (Wildman–Crippen MR) is 162 cm³/mol. The number of nitrogens with zero attached hydrogens (tertiary/aromatic N) is 1. The summed E-state index contributed by atoms with van der Waals surface area (Å²) in [6.07, 6.45) is 13.0. The zero-order valence-electron chi connectivity index (χ0n) is 26.3. The Balaban J connectivity index is 1.42. The Bertz CT molecular complexity index is 1280. The maximum absolute atomic E-state index is 14.5. The fraction of sp³-hybridized carbons (Fsp3) is 0.730. The van der Waals surface area contributed by atoms with Crippen LogP contribution in [0.15, 0.2) is 35.3 Å². The molecule has 1 aromatic rings. The number of carbonyl (C=O) groups is 1. The molecule has 0 amide bonds. The van der Waals surface area contributed by atoms with E-state index in [9.17, 15) is 9.59 Å². The Morgan fingerprint density at radius 3 is 2.20 bits per heavy atom. The van der Waals surface area contributed by atoms with Gasteiger partial charge in [0.2, 0.25) is 6.08 Å². The number of rotatable bonds is 3. The Labute approximate surface area is 242 Å². The summed E-state index contributed by atoms with van der Waals surface area (Å²) < 4.78 is 0. The fourth-order valence-electron chi connectivity index (χ4n) is 12.2. The number of ketones is 1.